The van der Waals surface area contributed by atoms with Crippen molar-refractivity contribution in [2.45, 2.75) is 30.4 Å². The number of hydrogen-bond acceptors (Lipinski definition) is 3. The van der Waals surface area contributed by atoms with Crippen molar-refractivity contribution in [2.75, 3.05) is 6.54 Å². The standard InChI is InChI=1S/C19H19F2NO2S/c1-12(25-16-7-8-17(20)18(21)11-16)19(24)15-5-3-14(4-6-15)9-10-22-13(2)23/h3-8,11-12H,9-10H2,1-2H3,(H,22,23)/t12-/m1/s1. The zero-order valence-corrected chi connectivity index (χ0v) is 14.8. The summed E-state index contributed by atoms with van der Waals surface area (Å²) in [6, 6.07) is 10.8. The molecule has 2 rings (SSSR count). The van der Waals surface area contributed by atoms with Crippen LogP contribution >= 0.6 is 11.8 Å². The van der Waals surface area contributed by atoms with Gasteiger partial charge in [0.1, 0.15) is 0 Å². The Bertz CT molecular complexity index is 763. The Morgan fingerprint density at radius 1 is 1.08 bits per heavy atom. The number of hydrogen-bond donors (Lipinski definition) is 1. The second kappa shape index (κ2) is 8.76. The van der Waals surface area contributed by atoms with E-state index in [-0.39, 0.29) is 11.7 Å². The zero-order valence-electron chi connectivity index (χ0n) is 14.0. The van der Waals surface area contributed by atoms with Crippen LogP contribution in [0.5, 0.6) is 0 Å². The molecule has 0 fully saturated rings. The fraction of sp³-hybridized carbons (Fsp3) is 0.263. The molecule has 0 saturated carbocycles. The average Bonchev–Trinajstić information content (AvgIpc) is 2.58. The van der Waals surface area contributed by atoms with Crippen molar-refractivity contribution in [3.05, 3.63) is 65.2 Å². The summed E-state index contributed by atoms with van der Waals surface area (Å²) in [5.41, 5.74) is 1.58. The number of carbonyl (C=O) groups excluding carboxylic acids is 2. The predicted octanol–water partition coefficient (Wildman–Crippen LogP) is 4.01. The summed E-state index contributed by atoms with van der Waals surface area (Å²) >= 11 is 1.19. The second-order valence-electron chi connectivity index (χ2n) is 5.63. The van der Waals surface area contributed by atoms with E-state index in [2.05, 4.69) is 5.32 Å². The lowest BCUT2D eigenvalue weighted by Gasteiger charge is -2.11. The molecule has 1 amide bonds. The molecule has 3 nitrogen and oxygen atoms in total. The number of halogens is 2. The van der Waals surface area contributed by atoms with Crippen LogP contribution in [-0.4, -0.2) is 23.5 Å². The lowest BCUT2D eigenvalue weighted by atomic mass is 10.0. The highest BCUT2D eigenvalue weighted by Crippen LogP contribution is 2.27. The fourth-order valence-corrected chi connectivity index (χ4v) is 3.23. The first-order valence-electron chi connectivity index (χ1n) is 7.86. The van der Waals surface area contributed by atoms with Crippen LogP contribution in [0.2, 0.25) is 0 Å². The highest BCUT2D eigenvalue weighted by Gasteiger charge is 2.17. The SMILES string of the molecule is CC(=O)NCCc1ccc(C(=O)[C@@H](C)Sc2ccc(F)c(F)c2)cc1. The largest absolute Gasteiger partial charge is 0.356 e. The van der Waals surface area contributed by atoms with E-state index in [0.29, 0.717) is 23.4 Å². The van der Waals surface area contributed by atoms with Crippen LogP contribution in [0.3, 0.4) is 0 Å². The van der Waals surface area contributed by atoms with E-state index in [4.69, 9.17) is 0 Å². The Hall–Kier alpha value is -2.21. The summed E-state index contributed by atoms with van der Waals surface area (Å²) < 4.78 is 26.2. The van der Waals surface area contributed by atoms with Crippen molar-refractivity contribution in [1.29, 1.82) is 0 Å². The van der Waals surface area contributed by atoms with Gasteiger partial charge in [0.25, 0.3) is 0 Å². The Labute approximate surface area is 149 Å². The number of Topliss-reactive ketones (excluding diaryl/α,β-unsaturated/α-hetero) is 1. The molecule has 0 heterocycles. The van der Waals surface area contributed by atoms with Crippen LogP contribution < -0.4 is 5.32 Å². The molecule has 2 aromatic rings. The van der Waals surface area contributed by atoms with Gasteiger partial charge in [0, 0.05) is 23.9 Å². The summed E-state index contributed by atoms with van der Waals surface area (Å²) in [5, 5.41) is 2.30. The third kappa shape index (κ3) is 5.67. The molecule has 0 aliphatic carbocycles. The van der Waals surface area contributed by atoms with Crippen molar-refractivity contribution >= 4 is 23.5 Å². The molecule has 0 aliphatic rings. The molecule has 0 unspecified atom stereocenters. The first-order valence-corrected chi connectivity index (χ1v) is 8.74. The Morgan fingerprint density at radius 2 is 1.76 bits per heavy atom. The smallest absolute Gasteiger partial charge is 0.216 e. The predicted molar refractivity (Wildman–Crippen MR) is 94.8 cm³/mol. The van der Waals surface area contributed by atoms with E-state index in [9.17, 15) is 18.4 Å². The van der Waals surface area contributed by atoms with Crippen LogP contribution in [0.4, 0.5) is 8.78 Å². The van der Waals surface area contributed by atoms with Gasteiger partial charge in [-0.25, -0.2) is 8.78 Å². The number of amides is 1. The van der Waals surface area contributed by atoms with Gasteiger partial charge in [-0.05, 0) is 37.1 Å². The van der Waals surface area contributed by atoms with Gasteiger partial charge in [0.15, 0.2) is 17.4 Å². The minimum atomic E-state index is -0.923. The molecule has 0 radical (unpaired) electrons. The maximum atomic E-state index is 13.3. The highest BCUT2D eigenvalue weighted by atomic mass is 32.2. The minimum absolute atomic E-state index is 0.0742. The van der Waals surface area contributed by atoms with E-state index < -0.39 is 16.9 Å². The van der Waals surface area contributed by atoms with E-state index in [1.54, 1.807) is 19.1 Å². The number of ketones is 1. The van der Waals surface area contributed by atoms with Crippen molar-refractivity contribution in [3.8, 4) is 0 Å². The van der Waals surface area contributed by atoms with Gasteiger partial charge in [0.05, 0.1) is 5.25 Å². The third-order valence-corrected chi connectivity index (χ3v) is 4.69. The third-order valence-electron chi connectivity index (χ3n) is 3.60. The normalized spacial score (nSPS) is 11.8. The maximum absolute atomic E-state index is 13.3. The molecule has 1 N–H and O–H groups in total. The molecular formula is C19H19F2NO2S. The van der Waals surface area contributed by atoms with E-state index >= 15 is 0 Å². The fourth-order valence-electron chi connectivity index (χ4n) is 2.26. The molecule has 1 atom stereocenters. The van der Waals surface area contributed by atoms with Gasteiger partial charge in [-0.15, -0.1) is 11.8 Å². The van der Waals surface area contributed by atoms with Crippen molar-refractivity contribution in [1.82, 2.24) is 5.32 Å². The summed E-state index contributed by atoms with van der Waals surface area (Å²) in [7, 11) is 0. The van der Waals surface area contributed by atoms with Crippen LogP contribution in [0.25, 0.3) is 0 Å². The molecule has 0 spiro atoms. The maximum Gasteiger partial charge on any atom is 0.216 e. The molecule has 2 aromatic carbocycles. The van der Waals surface area contributed by atoms with Crippen molar-refractivity contribution in [2.24, 2.45) is 0 Å². The van der Waals surface area contributed by atoms with Gasteiger partial charge in [-0.3, -0.25) is 9.59 Å². The van der Waals surface area contributed by atoms with Gasteiger partial charge in [-0.1, -0.05) is 24.3 Å². The molecular weight excluding hydrogens is 344 g/mol. The average molecular weight is 363 g/mol. The van der Waals surface area contributed by atoms with Gasteiger partial charge in [0.2, 0.25) is 5.91 Å². The van der Waals surface area contributed by atoms with Crippen molar-refractivity contribution in [3.63, 3.8) is 0 Å². The first-order chi connectivity index (χ1) is 11.9. The monoisotopic (exact) mass is 363 g/mol. The second-order valence-corrected chi connectivity index (χ2v) is 7.04. The summed E-state index contributed by atoms with van der Waals surface area (Å²) in [6.07, 6.45) is 0.688. The van der Waals surface area contributed by atoms with E-state index in [1.807, 2.05) is 12.1 Å². The number of benzene rings is 2. The summed E-state index contributed by atoms with van der Waals surface area (Å²) in [4.78, 5) is 23.8. The van der Waals surface area contributed by atoms with Gasteiger partial charge >= 0.3 is 0 Å². The number of thioether (sulfide) groups is 1. The van der Waals surface area contributed by atoms with Crippen LogP contribution in [-0.2, 0) is 11.2 Å². The minimum Gasteiger partial charge on any atom is -0.356 e. The van der Waals surface area contributed by atoms with Gasteiger partial charge < -0.3 is 5.32 Å². The number of nitrogens with one attached hydrogen (secondary N) is 1. The summed E-state index contributed by atoms with van der Waals surface area (Å²) in [5.74, 6) is -1.98. The summed E-state index contributed by atoms with van der Waals surface area (Å²) in [6.45, 7) is 3.75. The Kier molecular flexibility index (Phi) is 6.70. The van der Waals surface area contributed by atoms with Crippen LogP contribution in [0, 0.1) is 11.6 Å². The highest BCUT2D eigenvalue weighted by molar-refractivity contribution is 8.00. The zero-order chi connectivity index (χ0) is 18.4. The lowest BCUT2D eigenvalue weighted by molar-refractivity contribution is -0.118. The van der Waals surface area contributed by atoms with Crippen LogP contribution in [0.1, 0.15) is 29.8 Å². The Balaban J connectivity index is 1.96. The van der Waals surface area contributed by atoms with Crippen molar-refractivity contribution < 1.29 is 18.4 Å². The molecule has 0 aliphatic heterocycles. The quantitative estimate of drug-likeness (QED) is 0.597. The topological polar surface area (TPSA) is 46.2 Å². The van der Waals surface area contributed by atoms with Crippen LogP contribution in [0.15, 0.2) is 47.4 Å². The molecule has 25 heavy (non-hydrogen) atoms. The first kappa shape index (κ1) is 19.1. The van der Waals surface area contributed by atoms with E-state index in [1.165, 1.54) is 24.8 Å². The number of rotatable bonds is 7. The number of carbonyl (C=O) groups is 2. The molecule has 6 heteroatoms. The molecule has 0 aromatic heterocycles. The molecule has 132 valence electrons. The Morgan fingerprint density at radius 3 is 2.36 bits per heavy atom. The van der Waals surface area contributed by atoms with Gasteiger partial charge in [-0.2, -0.15) is 0 Å². The molecule has 0 saturated heterocycles. The van der Waals surface area contributed by atoms with E-state index in [0.717, 1.165) is 17.7 Å². The lowest BCUT2D eigenvalue weighted by Crippen LogP contribution is -2.22. The molecule has 0 bridgehead atoms.